The largest absolute Gasteiger partial charge is 0.311 e. The van der Waals surface area contributed by atoms with Crippen molar-refractivity contribution >= 4 is 55.5 Å². The molecule has 0 aliphatic carbocycles. The van der Waals surface area contributed by atoms with Gasteiger partial charge in [-0.3, -0.25) is 14.6 Å². The van der Waals surface area contributed by atoms with Gasteiger partial charge in [0.2, 0.25) is 0 Å². The zero-order valence-corrected chi connectivity index (χ0v) is 14.8. The van der Waals surface area contributed by atoms with Gasteiger partial charge < -0.3 is 10.6 Å². The van der Waals surface area contributed by atoms with Gasteiger partial charge in [-0.1, -0.05) is 6.07 Å². The average Bonchev–Trinajstić information content (AvgIpc) is 3.29. The van der Waals surface area contributed by atoms with E-state index in [-0.39, 0.29) is 11.8 Å². The summed E-state index contributed by atoms with van der Waals surface area (Å²) >= 11 is 2.54. The van der Waals surface area contributed by atoms with Crippen LogP contribution in [0.3, 0.4) is 0 Å². The van der Waals surface area contributed by atoms with E-state index in [0.29, 0.717) is 26.9 Å². The first kappa shape index (κ1) is 16.3. The molecule has 9 heteroatoms. The van der Waals surface area contributed by atoms with Crippen molar-refractivity contribution in [3.8, 4) is 0 Å². The second kappa shape index (κ2) is 6.98. The molecular weight excluding hydrogens is 370 g/mol. The number of nitrogens with zero attached hydrogens (tertiary/aromatic N) is 3. The highest BCUT2D eigenvalue weighted by molar-refractivity contribution is 7.20. The number of rotatable bonds is 4. The molecule has 0 aromatic carbocycles. The lowest BCUT2D eigenvalue weighted by molar-refractivity contribution is 0.102. The Hall–Kier alpha value is -3.17. The van der Waals surface area contributed by atoms with Crippen LogP contribution >= 0.6 is 22.7 Å². The van der Waals surface area contributed by atoms with Gasteiger partial charge in [-0.25, -0.2) is 9.97 Å². The van der Waals surface area contributed by atoms with Crippen LogP contribution in [-0.2, 0) is 0 Å². The average molecular weight is 381 g/mol. The molecule has 4 rings (SSSR count). The standard InChI is InChI=1S/C17H11N5O2S2/c23-14(21-13-3-1-2-6-19-13)10-5-8-25-16(10)22-15(24)17-20-11-9-18-7-4-12(11)26-17/h1-9H,(H,22,24)(H,19,21,23). The van der Waals surface area contributed by atoms with Crippen LogP contribution in [0.4, 0.5) is 10.8 Å². The fraction of sp³-hybridized carbons (Fsp3) is 0. The predicted octanol–water partition coefficient (Wildman–Crippen LogP) is 3.65. The number of anilines is 2. The molecule has 4 aromatic rings. The smallest absolute Gasteiger partial charge is 0.285 e. The summed E-state index contributed by atoms with van der Waals surface area (Å²) < 4.78 is 0.879. The Morgan fingerprint density at radius 3 is 2.73 bits per heavy atom. The van der Waals surface area contributed by atoms with Crippen molar-refractivity contribution in [1.82, 2.24) is 15.0 Å². The molecular formula is C17H11N5O2S2. The third-order valence-electron chi connectivity index (χ3n) is 3.43. The van der Waals surface area contributed by atoms with Crippen molar-refractivity contribution in [2.45, 2.75) is 0 Å². The molecule has 0 saturated carbocycles. The molecule has 128 valence electrons. The summed E-state index contributed by atoms with van der Waals surface area (Å²) in [6.07, 6.45) is 4.86. The monoisotopic (exact) mass is 381 g/mol. The SMILES string of the molecule is O=C(Nc1sccc1C(=O)Nc1ccccn1)c1nc2cnccc2s1. The minimum atomic E-state index is -0.361. The molecule has 0 radical (unpaired) electrons. The summed E-state index contributed by atoms with van der Waals surface area (Å²) in [4.78, 5) is 37.3. The Labute approximate surface area is 155 Å². The van der Waals surface area contributed by atoms with Crippen LogP contribution in [0, 0.1) is 0 Å². The maximum atomic E-state index is 12.5. The minimum absolute atomic E-state index is 0.317. The normalized spacial score (nSPS) is 10.6. The first-order valence-corrected chi connectivity index (χ1v) is 9.22. The second-order valence-corrected chi connectivity index (χ2v) is 7.10. The molecule has 2 N–H and O–H groups in total. The highest BCUT2D eigenvalue weighted by Gasteiger charge is 2.18. The number of aromatic nitrogens is 3. The molecule has 4 heterocycles. The summed E-state index contributed by atoms with van der Waals surface area (Å²) in [5.74, 6) is -0.256. The van der Waals surface area contributed by atoms with Gasteiger partial charge in [0, 0.05) is 12.4 Å². The quantitative estimate of drug-likeness (QED) is 0.562. The number of carbonyl (C=O) groups excluding carboxylic acids is 2. The molecule has 0 saturated heterocycles. The number of pyridine rings is 2. The van der Waals surface area contributed by atoms with Crippen LogP contribution in [0.1, 0.15) is 20.2 Å². The van der Waals surface area contributed by atoms with E-state index in [9.17, 15) is 9.59 Å². The Kier molecular flexibility index (Phi) is 4.38. The molecule has 2 amide bonds. The molecule has 0 unspecified atom stereocenters. The van der Waals surface area contributed by atoms with E-state index < -0.39 is 0 Å². The third kappa shape index (κ3) is 3.30. The van der Waals surface area contributed by atoms with E-state index >= 15 is 0 Å². The van der Waals surface area contributed by atoms with Crippen LogP contribution in [0.25, 0.3) is 10.2 Å². The highest BCUT2D eigenvalue weighted by Crippen LogP contribution is 2.26. The Bertz CT molecular complexity index is 1060. The highest BCUT2D eigenvalue weighted by atomic mass is 32.1. The molecule has 4 aromatic heterocycles. The minimum Gasteiger partial charge on any atom is -0.311 e. The van der Waals surface area contributed by atoms with Crippen molar-refractivity contribution in [3.05, 3.63) is 64.9 Å². The van der Waals surface area contributed by atoms with E-state index in [4.69, 9.17) is 0 Å². The summed E-state index contributed by atoms with van der Waals surface area (Å²) in [5.41, 5.74) is 1.04. The molecule has 0 aliphatic heterocycles. The van der Waals surface area contributed by atoms with Gasteiger partial charge in [0.15, 0.2) is 5.01 Å². The number of nitrogens with one attached hydrogen (secondary N) is 2. The van der Waals surface area contributed by atoms with Crippen molar-refractivity contribution in [2.75, 3.05) is 10.6 Å². The summed E-state index contributed by atoms with van der Waals surface area (Å²) in [6, 6.07) is 8.69. The van der Waals surface area contributed by atoms with E-state index in [0.717, 1.165) is 4.70 Å². The van der Waals surface area contributed by atoms with Crippen molar-refractivity contribution in [3.63, 3.8) is 0 Å². The van der Waals surface area contributed by atoms with Crippen molar-refractivity contribution in [1.29, 1.82) is 0 Å². The van der Waals surface area contributed by atoms with Gasteiger partial charge in [0.25, 0.3) is 11.8 Å². The summed E-state index contributed by atoms with van der Waals surface area (Å²) in [6.45, 7) is 0. The van der Waals surface area contributed by atoms with Gasteiger partial charge in [-0.15, -0.1) is 22.7 Å². The van der Waals surface area contributed by atoms with Gasteiger partial charge in [-0.2, -0.15) is 0 Å². The summed E-state index contributed by atoms with van der Waals surface area (Å²) in [7, 11) is 0. The second-order valence-electron chi connectivity index (χ2n) is 5.15. The number of hydrogen-bond donors (Lipinski definition) is 2. The van der Waals surface area contributed by atoms with Crippen LogP contribution in [0.15, 0.2) is 54.3 Å². The first-order chi connectivity index (χ1) is 12.7. The number of amides is 2. The molecule has 0 fully saturated rings. The van der Waals surface area contributed by atoms with Crippen LogP contribution in [-0.4, -0.2) is 26.8 Å². The maximum absolute atomic E-state index is 12.5. The number of thiazole rings is 1. The van der Waals surface area contributed by atoms with Gasteiger partial charge in [-0.05, 0) is 29.6 Å². The van der Waals surface area contributed by atoms with E-state index in [1.54, 1.807) is 54.3 Å². The van der Waals surface area contributed by atoms with Crippen molar-refractivity contribution in [2.24, 2.45) is 0 Å². The fourth-order valence-corrected chi connectivity index (χ4v) is 3.85. The Morgan fingerprint density at radius 1 is 1.00 bits per heavy atom. The first-order valence-electron chi connectivity index (χ1n) is 7.52. The molecule has 0 bridgehead atoms. The topological polar surface area (TPSA) is 96.9 Å². The predicted molar refractivity (Wildman–Crippen MR) is 102 cm³/mol. The molecule has 7 nitrogen and oxygen atoms in total. The zero-order valence-electron chi connectivity index (χ0n) is 13.2. The van der Waals surface area contributed by atoms with Gasteiger partial charge >= 0.3 is 0 Å². The van der Waals surface area contributed by atoms with E-state index in [1.165, 1.54) is 22.7 Å². The number of thiophene rings is 1. The van der Waals surface area contributed by atoms with Crippen LogP contribution in [0.2, 0.25) is 0 Å². The molecule has 0 aliphatic rings. The third-order valence-corrected chi connectivity index (χ3v) is 5.29. The molecule has 26 heavy (non-hydrogen) atoms. The number of hydrogen-bond acceptors (Lipinski definition) is 7. The lowest BCUT2D eigenvalue weighted by atomic mass is 10.3. The Balaban J connectivity index is 1.53. The van der Waals surface area contributed by atoms with Crippen LogP contribution < -0.4 is 10.6 Å². The van der Waals surface area contributed by atoms with E-state index in [1.807, 2.05) is 0 Å². The van der Waals surface area contributed by atoms with Gasteiger partial charge in [0.1, 0.15) is 16.3 Å². The zero-order chi connectivity index (χ0) is 17.9. The van der Waals surface area contributed by atoms with Crippen molar-refractivity contribution < 1.29 is 9.59 Å². The molecule has 0 spiro atoms. The Morgan fingerprint density at radius 2 is 1.92 bits per heavy atom. The summed E-state index contributed by atoms with van der Waals surface area (Å²) in [5, 5.41) is 7.98. The lowest BCUT2D eigenvalue weighted by Crippen LogP contribution is -2.17. The van der Waals surface area contributed by atoms with E-state index in [2.05, 4.69) is 25.6 Å². The lowest BCUT2D eigenvalue weighted by Gasteiger charge is -2.06. The number of carbonyl (C=O) groups is 2. The molecule has 0 atom stereocenters. The fourth-order valence-electron chi connectivity index (χ4n) is 2.24. The number of fused-ring (bicyclic) bond motifs is 1. The maximum Gasteiger partial charge on any atom is 0.285 e. The van der Waals surface area contributed by atoms with Gasteiger partial charge in [0.05, 0.1) is 16.5 Å². The van der Waals surface area contributed by atoms with Crippen LogP contribution in [0.5, 0.6) is 0 Å².